The molecule has 1 heterocycles. The lowest BCUT2D eigenvalue weighted by molar-refractivity contribution is -0.206. The number of aryl methyl sites for hydroxylation is 1. The Bertz CT molecular complexity index is 595. The quantitative estimate of drug-likeness (QED) is 0.920. The molecule has 0 spiro atoms. The Morgan fingerprint density at radius 1 is 1.32 bits per heavy atom. The van der Waals surface area contributed by atoms with E-state index in [1.54, 1.807) is 13.0 Å². The third kappa shape index (κ3) is 2.90. The summed E-state index contributed by atoms with van der Waals surface area (Å²) in [6.07, 6.45) is -5.85. The molecule has 0 fully saturated rings. The highest BCUT2D eigenvalue weighted by Crippen LogP contribution is 2.36. The fourth-order valence-corrected chi connectivity index (χ4v) is 1.86. The van der Waals surface area contributed by atoms with Crippen LogP contribution in [0, 0.1) is 6.92 Å². The van der Waals surface area contributed by atoms with Crippen LogP contribution in [0.5, 0.6) is 0 Å². The summed E-state index contributed by atoms with van der Waals surface area (Å²) < 4.78 is 39.2. The highest BCUT2D eigenvalue weighted by atomic mass is 35.5. The average Bonchev–Trinajstić information content (AvgIpc) is 2.73. The number of benzene rings is 1. The number of halogens is 4. The maximum Gasteiger partial charge on any atom is 0.418 e. The van der Waals surface area contributed by atoms with Crippen LogP contribution in [0.1, 0.15) is 17.4 Å². The zero-order valence-electron chi connectivity index (χ0n) is 9.82. The molecule has 2 rings (SSSR count). The molecule has 0 bridgehead atoms. The molecule has 0 unspecified atom stereocenters. The van der Waals surface area contributed by atoms with Gasteiger partial charge < -0.3 is 5.11 Å². The van der Waals surface area contributed by atoms with Gasteiger partial charge in [0.25, 0.3) is 0 Å². The molecule has 1 aromatic heterocycles. The van der Waals surface area contributed by atoms with E-state index < -0.39 is 12.3 Å². The van der Waals surface area contributed by atoms with Crippen LogP contribution in [0.3, 0.4) is 0 Å². The highest BCUT2D eigenvalue weighted by Gasteiger charge is 2.41. The lowest BCUT2D eigenvalue weighted by Gasteiger charge is -2.18. The van der Waals surface area contributed by atoms with Gasteiger partial charge in [0.2, 0.25) is 0 Å². The average molecular weight is 291 g/mol. The standard InChI is InChI=1S/C12H10ClF3N2O/c1-7-4-5-18(17-7)10-3-2-8(13)6-9(10)11(19)12(14,15)16/h2-6,11,19H,1H3/t11-/m1/s1. The van der Waals surface area contributed by atoms with Crippen LogP contribution >= 0.6 is 11.6 Å². The van der Waals surface area contributed by atoms with Crippen molar-refractivity contribution in [2.75, 3.05) is 0 Å². The van der Waals surface area contributed by atoms with E-state index in [2.05, 4.69) is 5.10 Å². The van der Waals surface area contributed by atoms with Crippen molar-refractivity contribution >= 4 is 11.6 Å². The Morgan fingerprint density at radius 3 is 2.53 bits per heavy atom. The number of nitrogens with zero attached hydrogens (tertiary/aromatic N) is 2. The molecule has 0 saturated heterocycles. The second-order valence-electron chi connectivity index (χ2n) is 4.05. The fourth-order valence-electron chi connectivity index (χ4n) is 1.68. The van der Waals surface area contributed by atoms with E-state index in [1.165, 1.54) is 23.0 Å². The fraction of sp³-hybridized carbons (Fsp3) is 0.250. The molecule has 0 saturated carbocycles. The van der Waals surface area contributed by atoms with Crippen LogP contribution in [0.15, 0.2) is 30.5 Å². The largest absolute Gasteiger partial charge is 0.418 e. The zero-order valence-corrected chi connectivity index (χ0v) is 10.6. The minimum Gasteiger partial charge on any atom is -0.379 e. The van der Waals surface area contributed by atoms with Crippen molar-refractivity contribution in [1.29, 1.82) is 0 Å². The smallest absolute Gasteiger partial charge is 0.379 e. The Balaban J connectivity index is 2.56. The summed E-state index contributed by atoms with van der Waals surface area (Å²) in [7, 11) is 0. The maximum absolute atomic E-state index is 12.6. The van der Waals surface area contributed by atoms with Gasteiger partial charge in [0.1, 0.15) is 0 Å². The molecule has 0 amide bonds. The summed E-state index contributed by atoms with van der Waals surface area (Å²) in [5.74, 6) is 0. The van der Waals surface area contributed by atoms with Crippen LogP contribution in [-0.2, 0) is 0 Å². The molecule has 1 aromatic carbocycles. The van der Waals surface area contributed by atoms with Crippen molar-refractivity contribution in [3.8, 4) is 5.69 Å². The van der Waals surface area contributed by atoms with E-state index >= 15 is 0 Å². The van der Waals surface area contributed by atoms with Gasteiger partial charge in [0, 0.05) is 16.8 Å². The van der Waals surface area contributed by atoms with Gasteiger partial charge in [-0.05, 0) is 31.2 Å². The number of aliphatic hydroxyl groups is 1. The van der Waals surface area contributed by atoms with E-state index in [0.29, 0.717) is 5.69 Å². The molecule has 2 aromatic rings. The van der Waals surface area contributed by atoms with Gasteiger partial charge in [-0.2, -0.15) is 18.3 Å². The molecule has 102 valence electrons. The molecular weight excluding hydrogens is 281 g/mol. The minimum atomic E-state index is -4.76. The molecule has 0 aliphatic heterocycles. The summed E-state index contributed by atoms with van der Waals surface area (Å²) in [4.78, 5) is 0. The van der Waals surface area contributed by atoms with Crippen molar-refractivity contribution in [2.24, 2.45) is 0 Å². The Kier molecular flexibility index (Phi) is 3.56. The Morgan fingerprint density at radius 2 is 2.00 bits per heavy atom. The van der Waals surface area contributed by atoms with Crippen LogP contribution < -0.4 is 0 Å². The number of aromatic nitrogens is 2. The molecule has 7 heteroatoms. The predicted molar refractivity (Wildman–Crippen MR) is 64.3 cm³/mol. The highest BCUT2D eigenvalue weighted by molar-refractivity contribution is 6.30. The van der Waals surface area contributed by atoms with Gasteiger partial charge in [0.05, 0.1) is 11.4 Å². The number of rotatable bonds is 2. The van der Waals surface area contributed by atoms with Crippen LogP contribution in [0.25, 0.3) is 5.69 Å². The molecule has 1 atom stereocenters. The van der Waals surface area contributed by atoms with Crippen molar-refractivity contribution in [3.63, 3.8) is 0 Å². The van der Waals surface area contributed by atoms with Crippen LogP contribution in [0.4, 0.5) is 13.2 Å². The van der Waals surface area contributed by atoms with E-state index in [-0.39, 0.29) is 16.3 Å². The third-order valence-electron chi connectivity index (χ3n) is 2.56. The van der Waals surface area contributed by atoms with E-state index in [1.807, 2.05) is 0 Å². The SMILES string of the molecule is Cc1ccn(-c2ccc(Cl)cc2[C@@H](O)C(F)(F)F)n1. The Labute approximate surface area is 112 Å². The summed E-state index contributed by atoms with van der Waals surface area (Å²) in [5, 5.41) is 13.6. The lowest BCUT2D eigenvalue weighted by Crippen LogP contribution is -2.22. The van der Waals surface area contributed by atoms with Crippen LogP contribution in [-0.4, -0.2) is 21.1 Å². The molecule has 3 nitrogen and oxygen atoms in total. The summed E-state index contributed by atoms with van der Waals surface area (Å²) in [5.41, 5.74) is 0.466. The first kappa shape index (κ1) is 13.9. The number of hydrogen-bond acceptors (Lipinski definition) is 2. The van der Waals surface area contributed by atoms with Gasteiger partial charge in [-0.3, -0.25) is 0 Å². The normalized spacial score (nSPS) is 13.6. The monoisotopic (exact) mass is 290 g/mol. The van der Waals surface area contributed by atoms with E-state index in [0.717, 1.165) is 6.07 Å². The van der Waals surface area contributed by atoms with Gasteiger partial charge in [-0.25, -0.2) is 4.68 Å². The van der Waals surface area contributed by atoms with Gasteiger partial charge in [0.15, 0.2) is 6.10 Å². The first-order valence-electron chi connectivity index (χ1n) is 5.36. The topological polar surface area (TPSA) is 38.0 Å². The zero-order chi connectivity index (χ0) is 14.2. The van der Waals surface area contributed by atoms with E-state index in [4.69, 9.17) is 11.6 Å². The molecular formula is C12H10ClF3N2O. The molecule has 19 heavy (non-hydrogen) atoms. The number of hydrogen-bond donors (Lipinski definition) is 1. The summed E-state index contributed by atoms with van der Waals surface area (Å²) in [6, 6.07) is 5.57. The maximum atomic E-state index is 12.6. The molecule has 0 aliphatic carbocycles. The predicted octanol–water partition coefficient (Wildman–Crippen LogP) is 3.43. The van der Waals surface area contributed by atoms with Crippen LogP contribution in [0.2, 0.25) is 5.02 Å². The Hall–Kier alpha value is -1.53. The van der Waals surface area contributed by atoms with Gasteiger partial charge in [-0.15, -0.1) is 0 Å². The van der Waals surface area contributed by atoms with Gasteiger partial charge >= 0.3 is 6.18 Å². The minimum absolute atomic E-state index is 0.117. The van der Waals surface area contributed by atoms with E-state index in [9.17, 15) is 18.3 Å². The lowest BCUT2D eigenvalue weighted by atomic mass is 10.1. The summed E-state index contributed by atoms with van der Waals surface area (Å²) >= 11 is 5.70. The third-order valence-corrected chi connectivity index (χ3v) is 2.80. The van der Waals surface area contributed by atoms with Crippen molar-refractivity contribution in [1.82, 2.24) is 9.78 Å². The van der Waals surface area contributed by atoms with Crippen molar-refractivity contribution in [3.05, 3.63) is 46.7 Å². The number of aliphatic hydroxyl groups excluding tert-OH is 1. The first-order valence-corrected chi connectivity index (χ1v) is 5.73. The van der Waals surface area contributed by atoms with Gasteiger partial charge in [-0.1, -0.05) is 11.6 Å². The molecule has 0 radical (unpaired) electrons. The molecule has 1 N–H and O–H groups in total. The van der Waals surface area contributed by atoms with Crippen molar-refractivity contribution < 1.29 is 18.3 Å². The summed E-state index contributed by atoms with van der Waals surface area (Å²) in [6.45, 7) is 1.71. The molecule has 0 aliphatic rings. The van der Waals surface area contributed by atoms with Crippen molar-refractivity contribution in [2.45, 2.75) is 19.2 Å². The number of alkyl halides is 3. The first-order chi connectivity index (χ1) is 8.79. The second-order valence-corrected chi connectivity index (χ2v) is 4.49. The second kappa shape index (κ2) is 4.86.